The lowest BCUT2D eigenvalue weighted by Gasteiger charge is -2.21. The van der Waals surface area contributed by atoms with E-state index in [0.29, 0.717) is 12.4 Å². The minimum Gasteiger partial charge on any atom is -0.474 e. The number of aliphatic hydroxyl groups excluding tert-OH is 1. The quantitative estimate of drug-likeness (QED) is 0.751. The van der Waals surface area contributed by atoms with Gasteiger partial charge in [-0.3, -0.25) is 0 Å². The van der Waals surface area contributed by atoms with Crippen LogP contribution in [0.25, 0.3) is 6.08 Å². The fourth-order valence-electron chi connectivity index (χ4n) is 1.57. The maximum atomic E-state index is 9.46. The summed E-state index contributed by atoms with van der Waals surface area (Å²) in [5, 5.41) is 11.1. The smallest absolute Gasteiger partial charge is 0.223 e. The van der Waals surface area contributed by atoms with E-state index < -0.39 is 6.10 Å². The van der Waals surface area contributed by atoms with Gasteiger partial charge < -0.3 is 20.4 Å². The molecule has 3 N–H and O–H groups in total. The summed E-state index contributed by atoms with van der Waals surface area (Å²) in [6.07, 6.45) is 4.65. The lowest BCUT2D eigenvalue weighted by Crippen LogP contribution is -2.28. The minimum absolute atomic E-state index is 0.134. The first-order valence-corrected chi connectivity index (χ1v) is 6.16. The van der Waals surface area contributed by atoms with Crippen LogP contribution in [0, 0.1) is 0 Å². The Bertz CT molecular complexity index is 437. The van der Waals surface area contributed by atoms with Crippen LogP contribution in [0.4, 0.5) is 0 Å². The fraction of sp³-hybridized carbons (Fsp3) is 0.286. The molecule has 0 saturated heterocycles. The van der Waals surface area contributed by atoms with Crippen LogP contribution in [0.3, 0.4) is 0 Å². The third-order valence-electron chi connectivity index (χ3n) is 2.59. The minimum atomic E-state index is -0.685. The van der Waals surface area contributed by atoms with Gasteiger partial charge in [-0.15, -0.1) is 0 Å². The Hall–Kier alpha value is -1.98. The Morgan fingerprint density at radius 1 is 1.47 bits per heavy atom. The summed E-state index contributed by atoms with van der Waals surface area (Å²) in [7, 11) is 0. The van der Waals surface area contributed by atoms with Gasteiger partial charge in [0.25, 0.3) is 0 Å². The zero-order valence-electron chi connectivity index (χ0n) is 10.6. The van der Waals surface area contributed by atoms with Gasteiger partial charge in [-0.1, -0.05) is 30.3 Å². The molecule has 1 aromatic rings. The SMILES string of the molecule is NCC(O)COC(=Cc1ccccc1)N1CC=CO1. The van der Waals surface area contributed by atoms with E-state index in [4.69, 9.17) is 15.3 Å². The van der Waals surface area contributed by atoms with Crippen LogP contribution < -0.4 is 5.73 Å². The van der Waals surface area contributed by atoms with E-state index in [9.17, 15) is 5.11 Å². The number of hydroxylamine groups is 2. The molecule has 0 saturated carbocycles. The Balaban J connectivity index is 2.07. The molecule has 102 valence electrons. The predicted octanol–water partition coefficient (Wildman–Crippen LogP) is 1.08. The van der Waals surface area contributed by atoms with Gasteiger partial charge in [-0.05, 0) is 11.6 Å². The molecule has 0 radical (unpaired) electrons. The highest BCUT2D eigenvalue weighted by molar-refractivity contribution is 5.50. The van der Waals surface area contributed by atoms with E-state index in [1.54, 1.807) is 11.3 Å². The van der Waals surface area contributed by atoms with E-state index >= 15 is 0 Å². The molecule has 1 aliphatic rings. The van der Waals surface area contributed by atoms with Crippen LogP contribution in [-0.4, -0.2) is 36.0 Å². The van der Waals surface area contributed by atoms with Crippen LogP contribution in [0.2, 0.25) is 0 Å². The summed E-state index contributed by atoms with van der Waals surface area (Å²) in [5.74, 6) is 0.545. The maximum Gasteiger partial charge on any atom is 0.223 e. The van der Waals surface area contributed by atoms with E-state index in [-0.39, 0.29) is 13.2 Å². The number of ether oxygens (including phenoxy) is 1. The molecule has 1 heterocycles. The monoisotopic (exact) mass is 262 g/mol. The largest absolute Gasteiger partial charge is 0.474 e. The van der Waals surface area contributed by atoms with Crippen LogP contribution >= 0.6 is 0 Å². The van der Waals surface area contributed by atoms with Crippen molar-refractivity contribution < 1.29 is 14.7 Å². The van der Waals surface area contributed by atoms with Crippen molar-refractivity contribution in [1.82, 2.24) is 5.06 Å². The molecular weight excluding hydrogens is 244 g/mol. The highest BCUT2D eigenvalue weighted by Gasteiger charge is 2.15. The van der Waals surface area contributed by atoms with Crippen molar-refractivity contribution in [3.8, 4) is 0 Å². The highest BCUT2D eigenvalue weighted by atomic mass is 16.7. The second-order valence-corrected chi connectivity index (χ2v) is 4.13. The van der Waals surface area contributed by atoms with Crippen molar-refractivity contribution in [3.63, 3.8) is 0 Å². The maximum absolute atomic E-state index is 9.46. The number of nitrogens with two attached hydrogens (primary N) is 1. The molecule has 0 spiro atoms. The Morgan fingerprint density at radius 2 is 2.26 bits per heavy atom. The van der Waals surface area contributed by atoms with Gasteiger partial charge in [-0.25, -0.2) is 0 Å². The van der Waals surface area contributed by atoms with Gasteiger partial charge in [0.15, 0.2) is 0 Å². The summed E-state index contributed by atoms with van der Waals surface area (Å²) < 4.78 is 5.57. The van der Waals surface area contributed by atoms with E-state index in [2.05, 4.69) is 0 Å². The summed E-state index contributed by atoms with van der Waals surface area (Å²) in [4.78, 5) is 5.30. The first-order chi connectivity index (χ1) is 9.29. The van der Waals surface area contributed by atoms with Crippen LogP contribution in [0.5, 0.6) is 0 Å². The zero-order chi connectivity index (χ0) is 13.5. The molecule has 5 heteroatoms. The van der Waals surface area contributed by atoms with E-state index in [1.165, 1.54) is 0 Å². The number of aliphatic hydroxyl groups is 1. The fourth-order valence-corrected chi connectivity index (χ4v) is 1.57. The second kappa shape index (κ2) is 6.82. The van der Waals surface area contributed by atoms with Crippen molar-refractivity contribution in [1.29, 1.82) is 0 Å². The molecule has 0 bridgehead atoms. The van der Waals surface area contributed by atoms with Gasteiger partial charge in [0, 0.05) is 12.6 Å². The van der Waals surface area contributed by atoms with Crippen LogP contribution in [0.15, 0.2) is 48.6 Å². The van der Waals surface area contributed by atoms with Crippen molar-refractivity contribution in [3.05, 3.63) is 54.1 Å². The number of rotatable bonds is 6. The molecule has 0 aromatic heterocycles. The molecule has 2 rings (SSSR count). The first kappa shape index (κ1) is 13.5. The molecule has 1 unspecified atom stereocenters. The number of benzene rings is 1. The standard InChI is InChI=1S/C14H18N2O3/c15-10-13(17)11-18-14(16-7-4-8-19-16)9-12-5-2-1-3-6-12/h1-6,8-9,13,17H,7,10-11,15H2. The molecule has 0 fully saturated rings. The predicted molar refractivity (Wildman–Crippen MR) is 72.4 cm³/mol. The average Bonchev–Trinajstić information content (AvgIpc) is 2.98. The number of nitrogens with zero attached hydrogens (tertiary/aromatic N) is 1. The average molecular weight is 262 g/mol. The third-order valence-corrected chi connectivity index (χ3v) is 2.59. The van der Waals surface area contributed by atoms with Crippen LogP contribution in [-0.2, 0) is 9.57 Å². The van der Waals surface area contributed by atoms with Crippen molar-refractivity contribution in [2.45, 2.75) is 6.10 Å². The topological polar surface area (TPSA) is 68.0 Å². The second-order valence-electron chi connectivity index (χ2n) is 4.13. The zero-order valence-corrected chi connectivity index (χ0v) is 10.6. The first-order valence-electron chi connectivity index (χ1n) is 6.16. The molecule has 0 amide bonds. The summed E-state index contributed by atoms with van der Waals surface area (Å²) in [6.45, 7) is 0.907. The lowest BCUT2D eigenvalue weighted by atomic mass is 10.2. The normalized spacial score (nSPS) is 16.3. The third kappa shape index (κ3) is 4.01. The lowest BCUT2D eigenvalue weighted by molar-refractivity contribution is -0.0988. The molecule has 1 aromatic carbocycles. The Morgan fingerprint density at radius 3 is 2.89 bits per heavy atom. The number of hydrogen-bond donors (Lipinski definition) is 2. The Kier molecular flexibility index (Phi) is 4.83. The molecule has 0 aliphatic carbocycles. The van der Waals surface area contributed by atoms with Crippen molar-refractivity contribution in [2.24, 2.45) is 5.73 Å². The van der Waals surface area contributed by atoms with Crippen molar-refractivity contribution >= 4 is 6.08 Å². The molecule has 1 aliphatic heterocycles. The summed E-state index contributed by atoms with van der Waals surface area (Å²) in [5.41, 5.74) is 6.35. The number of hydrogen-bond acceptors (Lipinski definition) is 5. The van der Waals surface area contributed by atoms with Gasteiger partial charge in [0.1, 0.15) is 19.0 Å². The van der Waals surface area contributed by atoms with E-state index in [0.717, 1.165) is 5.56 Å². The van der Waals surface area contributed by atoms with Crippen molar-refractivity contribution in [2.75, 3.05) is 19.7 Å². The van der Waals surface area contributed by atoms with Gasteiger partial charge in [0.05, 0.1) is 6.54 Å². The Labute approximate surface area is 112 Å². The molecule has 1 atom stereocenters. The van der Waals surface area contributed by atoms with Gasteiger partial charge >= 0.3 is 0 Å². The summed E-state index contributed by atoms with van der Waals surface area (Å²) >= 11 is 0. The highest BCUT2D eigenvalue weighted by Crippen LogP contribution is 2.16. The molecular formula is C14H18N2O3. The molecule has 19 heavy (non-hydrogen) atoms. The summed E-state index contributed by atoms with van der Waals surface area (Å²) in [6, 6.07) is 9.77. The van der Waals surface area contributed by atoms with Crippen LogP contribution in [0.1, 0.15) is 5.56 Å². The molecule has 5 nitrogen and oxygen atoms in total. The van der Waals surface area contributed by atoms with Gasteiger partial charge in [-0.2, -0.15) is 5.06 Å². The van der Waals surface area contributed by atoms with Gasteiger partial charge in [0.2, 0.25) is 5.88 Å². The van der Waals surface area contributed by atoms with E-state index in [1.807, 2.05) is 42.5 Å².